The summed E-state index contributed by atoms with van der Waals surface area (Å²) < 4.78 is 5.27. The average molecular weight is 441 g/mol. The summed E-state index contributed by atoms with van der Waals surface area (Å²) in [7, 11) is 0. The summed E-state index contributed by atoms with van der Waals surface area (Å²) in [6.45, 7) is 5.57. The molecule has 31 heavy (non-hydrogen) atoms. The van der Waals surface area contributed by atoms with E-state index in [1.165, 1.54) is 34.4 Å². The van der Waals surface area contributed by atoms with Gasteiger partial charge >= 0.3 is 5.97 Å². The summed E-state index contributed by atoms with van der Waals surface area (Å²) in [6, 6.07) is 10.7. The van der Waals surface area contributed by atoms with Crippen LogP contribution in [0.15, 0.2) is 30.3 Å². The van der Waals surface area contributed by atoms with Crippen molar-refractivity contribution >= 4 is 28.2 Å². The predicted octanol–water partition coefficient (Wildman–Crippen LogP) is 4.95. The first-order valence-electron chi connectivity index (χ1n) is 11.5. The second-order valence-corrected chi connectivity index (χ2v) is 9.62. The van der Waals surface area contributed by atoms with Crippen LogP contribution < -0.4 is 5.32 Å². The molecule has 0 radical (unpaired) electrons. The van der Waals surface area contributed by atoms with E-state index in [9.17, 15) is 9.59 Å². The number of benzene rings is 1. The van der Waals surface area contributed by atoms with E-state index in [1.54, 1.807) is 18.3 Å². The van der Waals surface area contributed by atoms with Crippen molar-refractivity contribution in [2.24, 2.45) is 5.92 Å². The molecular weight excluding hydrogens is 408 g/mol. The third kappa shape index (κ3) is 4.85. The van der Waals surface area contributed by atoms with Crippen LogP contribution in [0.25, 0.3) is 0 Å². The molecule has 1 aliphatic heterocycles. The van der Waals surface area contributed by atoms with Gasteiger partial charge in [0.1, 0.15) is 5.00 Å². The molecule has 1 saturated heterocycles. The second kappa shape index (κ2) is 9.96. The molecule has 5 nitrogen and oxygen atoms in total. The van der Waals surface area contributed by atoms with Crippen molar-refractivity contribution in [3.63, 3.8) is 0 Å². The van der Waals surface area contributed by atoms with Crippen molar-refractivity contribution in [2.75, 3.05) is 25.0 Å². The maximum absolute atomic E-state index is 12.3. The lowest BCUT2D eigenvalue weighted by atomic mass is 9.87. The Morgan fingerprint density at radius 1 is 1.16 bits per heavy atom. The van der Waals surface area contributed by atoms with Crippen LogP contribution in [0, 0.1) is 5.92 Å². The van der Waals surface area contributed by atoms with Gasteiger partial charge in [-0.1, -0.05) is 30.3 Å². The van der Waals surface area contributed by atoms with E-state index in [0.717, 1.165) is 43.8 Å². The van der Waals surface area contributed by atoms with E-state index >= 15 is 0 Å². The van der Waals surface area contributed by atoms with Crippen LogP contribution >= 0.6 is 11.3 Å². The number of anilines is 1. The Bertz CT molecular complexity index is 916. The Labute approximate surface area is 188 Å². The number of ether oxygens (including phenoxy) is 1. The van der Waals surface area contributed by atoms with E-state index in [2.05, 4.69) is 34.5 Å². The molecule has 4 rings (SSSR count). The monoisotopic (exact) mass is 440 g/mol. The standard InChI is InChI=1S/C25H32N2O3S/c1-3-30-25(29)19-13-15-27(16-14-19)23(18-9-5-4-6-10-18)22-20-11-7-8-12-21(20)31-24(22)26-17(2)28/h4-6,9-10,19,23H,3,7-8,11-16H2,1-2H3,(H,26,28). The Kier molecular flexibility index (Phi) is 7.08. The number of aryl methyl sites for hydroxylation is 1. The zero-order valence-corrected chi connectivity index (χ0v) is 19.3. The van der Waals surface area contributed by atoms with Crippen LogP contribution in [0.3, 0.4) is 0 Å². The summed E-state index contributed by atoms with van der Waals surface area (Å²) in [5.74, 6) is -0.100. The van der Waals surface area contributed by atoms with Gasteiger partial charge in [-0.3, -0.25) is 14.5 Å². The van der Waals surface area contributed by atoms with E-state index in [4.69, 9.17) is 4.74 Å². The van der Waals surface area contributed by atoms with Gasteiger partial charge in [-0.05, 0) is 69.7 Å². The fourth-order valence-corrected chi connectivity index (χ4v) is 6.35. The molecule has 1 amide bonds. The number of hydrogen-bond acceptors (Lipinski definition) is 5. The fraction of sp³-hybridized carbons (Fsp3) is 0.520. The molecule has 0 spiro atoms. The van der Waals surface area contributed by atoms with Crippen molar-refractivity contribution in [1.82, 2.24) is 4.90 Å². The number of amides is 1. The fourth-order valence-electron chi connectivity index (χ4n) is 4.98. The van der Waals surface area contributed by atoms with E-state index in [-0.39, 0.29) is 23.8 Å². The molecule has 166 valence electrons. The first-order chi connectivity index (χ1) is 15.1. The van der Waals surface area contributed by atoms with Crippen LogP contribution in [0.2, 0.25) is 0 Å². The number of esters is 1. The smallest absolute Gasteiger partial charge is 0.309 e. The summed E-state index contributed by atoms with van der Waals surface area (Å²) >= 11 is 1.76. The number of hydrogen-bond donors (Lipinski definition) is 1. The molecule has 6 heteroatoms. The van der Waals surface area contributed by atoms with Gasteiger partial charge in [0.05, 0.1) is 18.6 Å². The van der Waals surface area contributed by atoms with Crippen molar-refractivity contribution in [2.45, 2.75) is 58.4 Å². The van der Waals surface area contributed by atoms with Crippen LogP contribution in [0.4, 0.5) is 5.00 Å². The topological polar surface area (TPSA) is 58.6 Å². The molecular formula is C25H32N2O3S. The first kappa shape index (κ1) is 22.0. The van der Waals surface area contributed by atoms with Crippen molar-refractivity contribution in [3.05, 3.63) is 51.9 Å². The van der Waals surface area contributed by atoms with Crippen LogP contribution in [0.5, 0.6) is 0 Å². The number of thiophene rings is 1. The average Bonchev–Trinajstić information content (AvgIpc) is 3.12. The molecule has 1 aliphatic carbocycles. The number of carbonyl (C=O) groups excluding carboxylic acids is 2. The Morgan fingerprint density at radius 2 is 1.87 bits per heavy atom. The maximum atomic E-state index is 12.3. The third-order valence-corrected chi connectivity index (χ3v) is 7.63. The Morgan fingerprint density at radius 3 is 2.55 bits per heavy atom. The predicted molar refractivity (Wildman–Crippen MR) is 124 cm³/mol. The molecule has 0 bridgehead atoms. The highest BCUT2D eigenvalue weighted by molar-refractivity contribution is 7.16. The van der Waals surface area contributed by atoms with Crippen molar-refractivity contribution in [1.29, 1.82) is 0 Å². The Hall–Kier alpha value is -2.18. The molecule has 1 atom stereocenters. The quantitative estimate of drug-likeness (QED) is 0.646. The Balaban J connectivity index is 1.70. The first-order valence-corrected chi connectivity index (χ1v) is 12.3. The minimum Gasteiger partial charge on any atom is -0.466 e. The molecule has 1 fully saturated rings. The molecule has 1 aromatic heterocycles. The molecule has 1 aromatic carbocycles. The second-order valence-electron chi connectivity index (χ2n) is 8.51. The SMILES string of the molecule is CCOC(=O)C1CCN(C(c2ccccc2)c2c(NC(C)=O)sc3c2CCCC3)CC1. The lowest BCUT2D eigenvalue weighted by Gasteiger charge is -2.38. The maximum Gasteiger partial charge on any atom is 0.309 e. The molecule has 1 unspecified atom stereocenters. The van der Waals surface area contributed by atoms with Crippen molar-refractivity contribution < 1.29 is 14.3 Å². The number of fused-ring (bicyclic) bond motifs is 1. The van der Waals surface area contributed by atoms with Gasteiger partial charge in [-0.2, -0.15) is 0 Å². The summed E-state index contributed by atoms with van der Waals surface area (Å²) in [4.78, 5) is 28.2. The van der Waals surface area contributed by atoms with E-state index in [0.29, 0.717) is 6.61 Å². The number of nitrogens with zero attached hydrogens (tertiary/aromatic N) is 1. The normalized spacial score (nSPS) is 18.3. The zero-order chi connectivity index (χ0) is 21.8. The number of piperidine rings is 1. The molecule has 2 aromatic rings. The highest BCUT2D eigenvalue weighted by atomic mass is 32.1. The minimum atomic E-state index is -0.0646. The summed E-state index contributed by atoms with van der Waals surface area (Å²) in [5.41, 5.74) is 3.95. The highest BCUT2D eigenvalue weighted by Crippen LogP contribution is 2.46. The van der Waals surface area contributed by atoms with Crippen LogP contribution in [-0.4, -0.2) is 36.5 Å². The largest absolute Gasteiger partial charge is 0.466 e. The lowest BCUT2D eigenvalue weighted by molar-refractivity contribution is -0.149. The van der Waals surface area contributed by atoms with Crippen LogP contribution in [-0.2, 0) is 27.2 Å². The van der Waals surface area contributed by atoms with Gasteiger partial charge in [0.25, 0.3) is 0 Å². The van der Waals surface area contributed by atoms with Gasteiger partial charge in [0.2, 0.25) is 5.91 Å². The number of carbonyl (C=O) groups is 2. The number of nitrogens with one attached hydrogen (secondary N) is 1. The van der Waals surface area contributed by atoms with Gasteiger partial charge in [0, 0.05) is 17.4 Å². The van der Waals surface area contributed by atoms with E-state index in [1.807, 2.05) is 13.0 Å². The molecule has 2 aliphatic rings. The van der Waals surface area contributed by atoms with Gasteiger partial charge in [0.15, 0.2) is 0 Å². The molecule has 0 saturated carbocycles. The number of likely N-dealkylation sites (tertiary alicyclic amines) is 1. The summed E-state index contributed by atoms with van der Waals surface area (Å²) in [5, 5.41) is 4.14. The van der Waals surface area contributed by atoms with Gasteiger partial charge in [-0.15, -0.1) is 11.3 Å². The van der Waals surface area contributed by atoms with Crippen molar-refractivity contribution in [3.8, 4) is 0 Å². The van der Waals surface area contributed by atoms with Crippen LogP contribution in [0.1, 0.15) is 67.1 Å². The van der Waals surface area contributed by atoms with E-state index < -0.39 is 0 Å². The molecule has 2 heterocycles. The number of rotatable bonds is 6. The minimum absolute atomic E-state index is 0.0150. The zero-order valence-electron chi connectivity index (χ0n) is 18.5. The molecule has 1 N–H and O–H groups in total. The van der Waals surface area contributed by atoms with Gasteiger partial charge in [-0.25, -0.2) is 0 Å². The summed E-state index contributed by atoms with van der Waals surface area (Å²) in [6.07, 6.45) is 6.20. The lowest BCUT2D eigenvalue weighted by Crippen LogP contribution is -2.40. The third-order valence-electron chi connectivity index (χ3n) is 6.41. The van der Waals surface area contributed by atoms with Gasteiger partial charge < -0.3 is 10.1 Å². The highest BCUT2D eigenvalue weighted by Gasteiger charge is 2.35.